The summed E-state index contributed by atoms with van der Waals surface area (Å²) in [5.41, 5.74) is 0. The smallest absolute Gasteiger partial charge is 0.130 e. The molecule has 1 aromatic rings. The monoisotopic (exact) mass is 217 g/mol. The third-order valence-corrected chi connectivity index (χ3v) is 3.06. The van der Waals surface area contributed by atoms with Gasteiger partial charge in [0.05, 0.1) is 10.0 Å². The summed E-state index contributed by atoms with van der Waals surface area (Å²) in [5.74, 6) is 0. The second-order valence-electron chi connectivity index (χ2n) is 1.77. The lowest BCUT2D eigenvalue weighted by atomic mass is 10.7. The van der Waals surface area contributed by atoms with Gasteiger partial charge in [0, 0.05) is 7.05 Å². The van der Waals surface area contributed by atoms with Gasteiger partial charge in [0.2, 0.25) is 0 Å². The average molecular weight is 219 g/mol. The SMILES string of the molecule is Cn1c(Cl)c(Cl)c(Cl)c1Cl. The predicted octanol–water partition coefficient (Wildman–Crippen LogP) is 3.64. The van der Waals surface area contributed by atoms with E-state index in [-0.39, 0.29) is 0 Å². The van der Waals surface area contributed by atoms with E-state index in [2.05, 4.69) is 0 Å². The first-order valence-electron chi connectivity index (χ1n) is 2.40. The molecule has 1 nitrogen and oxygen atoms in total. The van der Waals surface area contributed by atoms with Crippen LogP contribution in [0.5, 0.6) is 0 Å². The van der Waals surface area contributed by atoms with Gasteiger partial charge in [-0.05, 0) is 0 Å². The molecule has 0 aromatic carbocycles. The van der Waals surface area contributed by atoms with Gasteiger partial charge in [-0.3, -0.25) is 0 Å². The lowest BCUT2D eigenvalue weighted by Crippen LogP contribution is -1.84. The number of aromatic nitrogens is 1. The van der Waals surface area contributed by atoms with Crippen LogP contribution in [0.2, 0.25) is 20.4 Å². The van der Waals surface area contributed by atoms with E-state index < -0.39 is 0 Å². The highest BCUT2D eigenvalue weighted by atomic mass is 35.5. The third kappa shape index (κ3) is 1.12. The fourth-order valence-corrected chi connectivity index (χ4v) is 1.49. The van der Waals surface area contributed by atoms with E-state index in [0.29, 0.717) is 20.4 Å². The van der Waals surface area contributed by atoms with E-state index in [0.717, 1.165) is 0 Å². The zero-order valence-electron chi connectivity index (χ0n) is 4.96. The van der Waals surface area contributed by atoms with Crippen molar-refractivity contribution >= 4 is 46.4 Å². The lowest BCUT2D eigenvalue weighted by molar-refractivity contribution is 0.930. The molecule has 0 spiro atoms. The molecule has 0 N–H and O–H groups in total. The topological polar surface area (TPSA) is 4.93 Å². The maximum atomic E-state index is 5.67. The maximum absolute atomic E-state index is 5.67. The minimum Gasteiger partial charge on any atom is -0.323 e. The zero-order valence-corrected chi connectivity index (χ0v) is 7.98. The van der Waals surface area contributed by atoms with Gasteiger partial charge in [0.15, 0.2) is 0 Å². The summed E-state index contributed by atoms with van der Waals surface area (Å²) in [6, 6.07) is 0. The molecule has 1 aromatic heterocycles. The number of hydrogen-bond acceptors (Lipinski definition) is 0. The van der Waals surface area contributed by atoms with Crippen LogP contribution in [-0.2, 0) is 7.05 Å². The van der Waals surface area contributed by atoms with Gasteiger partial charge in [0.25, 0.3) is 0 Å². The quantitative estimate of drug-likeness (QED) is 0.627. The van der Waals surface area contributed by atoms with Crippen molar-refractivity contribution in [3.63, 3.8) is 0 Å². The molecule has 0 aliphatic carbocycles. The molecule has 10 heavy (non-hydrogen) atoms. The second kappa shape index (κ2) is 2.82. The van der Waals surface area contributed by atoms with E-state index in [4.69, 9.17) is 46.4 Å². The first-order chi connectivity index (χ1) is 4.55. The zero-order chi connectivity index (χ0) is 7.89. The van der Waals surface area contributed by atoms with Crippen LogP contribution >= 0.6 is 46.4 Å². The van der Waals surface area contributed by atoms with Gasteiger partial charge < -0.3 is 4.57 Å². The summed E-state index contributed by atoms with van der Waals surface area (Å²) in [5, 5.41) is 1.32. The van der Waals surface area contributed by atoms with Crippen LogP contribution in [0.25, 0.3) is 0 Å². The molecular weight excluding hydrogens is 216 g/mol. The molecule has 0 fully saturated rings. The first-order valence-corrected chi connectivity index (χ1v) is 3.91. The molecule has 1 rings (SSSR count). The first kappa shape index (κ1) is 8.54. The molecular formula is C5H3Cl4N. The third-order valence-electron chi connectivity index (χ3n) is 1.14. The Balaban J connectivity index is 3.44. The van der Waals surface area contributed by atoms with E-state index in [1.165, 1.54) is 4.57 Å². The van der Waals surface area contributed by atoms with Crippen LogP contribution < -0.4 is 0 Å². The van der Waals surface area contributed by atoms with Gasteiger partial charge in [-0.15, -0.1) is 0 Å². The Morgan fingerprint density at radius 1 is 0.900 bits per heavy atom. The Morgan fingerprint density at radius 2 is 1.20 bits per heavy atom. The van der Waals surface area contributed by atoms with Crippen molar-refractivity contribution in [3.05, 3.63) is 20.4 Å². The van der Waals surface area contributed by atoms with Crippen molar-refractivity contribution in [2.24, 2.45) is 7.05 Å². The van der Waals surface area contributed by atoms with E-state index in [1.54, 1.807) is 7.05 Å². The van der Waals surface area contributed by atoms with Crippen LogP contribution in [0.3, 0.4) is 0 Å². The average Bonchev–Trinajstić information content (AvgIpc) is 2.07. The predicted molar refractivity (Wildman–Crippen MR) is 45.5 cm³/mol. The fraction of sp³-hybridized carbons (Fsp3) is 0.200. The van der Waals surface area contributed by atoms with Crippen molar-refractivity contribution in [1.82, 2.24) is 4.57 Å². The normalized spacial score (nSPS) is 10.5. The highest BCUT2D eigenvalue weighted by Gasteiger charge is 2.14. The maximum Gasteiger partial charge on any atom is 0.130 e. The summed E-state index contributed by atoms with van der Waals surface area (Å²) in [4.78, 5) is 0. The molecule has 1 heterocycles. The van der Waals surface area contributed by atoms with Crippen molar-refractivity contribution < 1.29 is 0 Å². The summed E-state index contributed by atoms with van der Waals surface area (Å²) in [7, 11) is 1.68. The molecule has 56 valence electrons. The van der Waals surface area contributed by atoms with Gasteiger partial charge >= 0.3 is 0 Å². The molecule has 0 radical (unpaired) electrons. The minimum absolute atomic E-state index is 0.302. The lowest BCUT2D eigenvalue weighted by Gasteiger charge is -1.92. The van der Waals surface area contributed by atoms with Crippen LogP contribution in [0.1, 0.15) is 0 Å². The van der Waals surface area contributed by atoms with Crippen molar-refractivity contribution in [2.45, 2.75) is 0 Å². The Kier molecular flexibility index (Phi) is 2.41. The number of halogens is 4. The molecule has 0 bridgehead atoms. The van der Waals surface area contributed by atoms with Crippen LogP contribution in [-0.4, -0.2) is 4.57 Å². The van der Waals surface area contributed by atoms with Gasteiger partial charge in [0.1, 0.15) is 10.3 Å². The Morgan fingerprint density at radius 3 is 1.30 bits per heavy atom. The Hall–Kier alpha value is 0.440. The van der Waals surface area contributed by atoms with E-state index in [1.807, 2.05) is 0 Å². The van der Waals surface area contributed by atoms with E-state index in [9.17, 15) is 0 Å². The molecule has 0 saturated heterocycles. The molecule has 0 aliphatic rings. The Labute approximate surface area is 78.4 Å². The van der Waals surface area contributed by atoms with E-state index >= 15 is 0 Å². The summed E-state index contributed by atoms with van der Waals surface area (Å²) in [6.45, 7) is 0. The molecule has 5 heteroatoms. The van der Waals surface area contributed by atoms with Crippen molar-refractivity contribution in [3.8, 4) is 0 Å². The highest BCUT2D eigenvalue weighted by molar-refractivity contribution is 6.52. The highest BCUT2D eigenvalue weighted by Crippen LogP contribution is 2.37. The van der Waals surface area contributed by atoms with Crippen molar-refractivity contribution in [2.75, 3.05) is 0 Å². The van der Waals surface area contributed by atoms with Gasteiger partial charge in [-0.25, -0.2) is 0 Å². The molecule has 0 saturated carbocycles. The minimum atomic E-state index is 0.302. The van der Waals surface area contributed by atoms with Crippen LogP contribution in [0.15, 0.2) is 0 Å². The van der Waals surface area contributed by atoms with Crippen LogP contribution in [0, 0.1) is 0 Å². The van der Waals surface area contributed by atoms with Gasteiger partial charge in [-0.1, -0.05) is 46.4 Å². The second-order valence-corrected chi connectivity index (χ2v) is 3.24. The number of rotatable bonds is 0. The Bertz CT molecular complexity index is 185. The molecule has 0 amide bonds. The van der Waals surface area contributed by atoms with Crippen LogP contribution in [0.4, 0.5) is 0 Å². The summed E-state index contributed by atoms with van der Waals surface area (Å²) in [6.07, 6.45) is 0. The number of nitrogens with zero attached hydrogens (tertiary/aromatic N) is 1. The van der Waals surface area contributed by atoms with Gasteiger partial charge in [-0.2, -0.15) is 0 Å². The van der Waals surface area contributed by atoms with Crippen molar-refractivity contribution in [1.29, 1.82) is 0 Å². The summed E-state index contributed by atoms with van der Waals surface area (Å²) < 4.78 is 1.51. The standard InChI is InChI=1S/C5H3Cl4N/c1-10-4(8)2(6)3(7)5(10)9/h1H3. The molecule has 0 atom stereocenters. The number of hydrogen-bond donors (Lipinski definition) is 0. The summed E-state index contributed by atoms with van der Waals surface area (Å²) >= 11 is 22.6. The molecule has 0 unspecified atom stereocenters. The fourth-order valence-electron chi connectivity index (χ4n) is 0.562. The molecule has 0 aliphatic heterocycles. The largest absolute Gasteiger partial charge is 0.323 e.